The van der Waals surface area contributed by atoms with Gasteiger partial charge in [0.1, 0.15) is 0 Å². The van der Waals surface area contributed by atoms with Gasteiger partial charge in [-0.1, -0.05) is 63.5 Å². The van der Waals surface area contributed by atoms with Gasteiger partial charge >= 0.3 is 77.2 Å². The van der Waals surface area contributed by atoms with E-state index in [1.165, 1.54) is 55.4 Å². The Kier molecular flexibility index (Phi) is 51.1. The van der Waals surface area contributed by atoms with Crippen LogP contribution in [0, 0.1) is 91.1 Å². The molecule has 0 unspecified atom stereocenters. The molecular formula is C46H62N4O12Tb2. The predicted octanol–water partition coefficient (Wildman–Crippen LogP) is 1.20. The second-order valence-corrected chi connectivity index (χ2v) is 12.9. The zero-order valence-electron chi connectivity index (χ0n) is 38.6. The molecule has 18 heteroatoms. The van der Waals surface area contributed by atoms with Crippen molar-refractivity contribution in [3.63, 3.8) is 0 Å². The Hall–Kier alpha value is -3.95. The number of aliphatic hydroxyl groups is 2. The van der Waals surface area contributed by atoms with E-state index in [-0.39, 0.29) is 135 Å². The molecule has 0 aliphatic carbocycles. The van der Waals surface area contributed by atoms with E-state index in [4.69, 9.17) is 10.2 Å². The van der Waals surface area contributed by atoms with E-state index >= 15 is 0 Å². The zero-order chi connectivity index (χ0) is 48.8. The second kappa shape index (κ2) is 45.6. The third-order valence-corrected chi connectivity index (χ3v) is 6.28. The molecule has 0 radical (unpaired) electrons. The van der Waals surface area contributed by atoms with Gasteiger partial charge in [-0.25, -0.2) is 0 Å². The Balaban J connectivity index is -0.000000202. The fourth-order valence-corrected chi connectivity index (χ4v) is 4.35. The molecule has 0 saturated heterocycles. The summed E-state index contributed by atoms with van der Waals surface area (Å²) in [7, 11) is 2.00. The summed E-state index contributed by atoms with van der Waals surface area (Å²) >= 11 is 0. The van der Waals surface area contributed by atoms with Crippen molar-refractivity contribution in [2.75, 3.05) is 40.4 Å². The van der Waals surface area contributed by atoms with Gasteiger partial charge in [-0.2, -0.15) is 0 Å². The van der Waals surface area contributed by atoms with Crippen molar-refractivity contribution in [1.29, 1.82) is 0 Å². The van der Waals surface area contributed by atoms with E-state index < -0.39 is 0 Å². The van der Waals surface area contributed by atoms with Gasteiger partial charge in [0.05, 0.1) is 0 Å². The minimum atomic E-state index is -0.187. The molecule has 0 atom stereocenters. The molecule has 0 amide bonds. The Bertz CT molecular complexity index is 1660. The number of carbonyl (C=O) groups is 4. The maximum Gasteiger partial charge on any atom is 3.00 e. The summed E-state index contributed by atoms with van der Waals surface area (Å²) in [6.45, 7) is 16.9. The average Bonchev–Trinajstić information content (AvgIpc) is 3.14. The van der Waals surface area contributed by atoms with Gasteiger partial charge in [0.25, 0.3) is 0 Å². The second-order valence-electron chi connectivity index (χ2n) is 12.9. The topological polar surface area (TPSA) is 297 Å². The summed E-state index contributed by atoms with van der Waals surface area (Å²) in [4.78, 5) is 57.4. The number of aliphatic hydroxyl groups excluding tert-OH is 2. The molecule has 0 saturated carbocycles. The molecule has 16 nitrogen and oxygen atoms in total. The van der Waals surface area contributed by atoms with E-state index in [9.17, 15) is 49.8 Å². The largest absolute Gasteiger partial charge is 3.00 e. The number of hydrogen-bond donors (Lipinski definition) is 2. The Morgan fingerprint density at radius 1 is 0.438 bits per heavy atom. The van der Waals surface area contributed by atoms with Crippen LogP contribution in [0.2, 0.25) is 0 Å². The van der Waals surface area contributed by atoms with Crippen LogP contribution in [-0.2, 0) is 19.2 Å². The minimum Gasteiger partial charge on any atom is -0.876 e. The van der Waals surface area contributed by atoms with Gasteiger partial charge in [0.15, 0.2) is 23.1 Å². The van der Waals surface area contributed by atoms with Crippen LogP contribution in [0.5, 0.6) is 11.5 Å². The van der Waals surface area contributed by atoms with E-state index in [2.05, 4.69) is 20.0 Å². The number of ketones is 4. The first-order valence-corrected chi connectivity index (χ1v) is 19.0. The molecule has 1 heterocycles. The van der Waals surface area contributed by atoms with Crippen LogP contribution in [0.15, 0.2) is 91.6 Å². The van der Waals surface area contributed by atoms with Gasteiger partial charge < -0.3 is 40.9 Å². The van der Waals surface area contributed by atoms with Crippen molar-refractivity contribution in [1.82, 2.24) is 0 Å². The van der Waals surface area contributed by atoms with E-state index in [1.54, 1.807) is 24.9 Å². The van der Waals surface area contributed by atoms with Crippen LogP contribution in [0.3, 0.4) is 0 Å². The molecule has 356 valence electrons. The van der Waals surface area contributed by atoms with Crippen molar-refractivity contribution >= 4 is 48.0 Å². The predicted molar refractivity (Wildman–Crippen MR) is 234 cm³/mol. The van der Waals surface area contributed by atoms with Crippen LogP contribution >= 0.6 is 0 Å². The summed E-state index contributed by atoms with van der Waals surface area (Å²) in [6.07, 6.45) is 12.2. The summed E-state index contributed by atoms with van der Waals surface area (Å²) < 4.78 is 0. The molecular weight excluding hydrogens is 1120 g/mol. The number of aryl methyl sites for hydroxylation is 2. The Labute approximate surface area is 440 Å². The molecule has 1 aliphatic heterocycles. The summed E-state index contributed by atoms with van der Waals surface area (Å²) in [5, 5.41) is 79.1. The third kappa shape index (κ3) is 46.1. The number of benzene rings is 2. The van der Waals surface area contributed by atoms with Crippen molar-refractivity contribution in [3.05, 3.63) is 105 Å². The van der Waals surface area contributed by atoms with E-state index in [0.717, 1.165) is 62.5 Å². The molecule has 3 rings (SSSR count). The van der Waals surface area contributed by atoms with Crippen LogP contribution in [-0.4, -0.2) is 98.6 Å². The molecule has 64 heavy (non-hydrogen) atoms. The monoisotopic (exact) mass is 1180 g/mol. The number of nitrogens with zero attached hydrogens (tertiary/aromatic N) is 4. The first-order valence-electron chi connectivity index (χ1n) is 19.0. The van der Waals surface area contributed by atoms with Crippen molar-refractivity contribution in [2.45, 2.75) is 82.1 Å². The van der Waals surface area contributed by atoms with Crippen molar-refractivity contribution in [3.8, 4) is 11.5 Å². The van der Waals surface area contributed by atoms with Crippen LogP contribution in [0.25, 0.3) is 0 Å². The quantitative estimate of drug-likeness (QED) is 0.323. The molecule has 1 aliphatic rings. The minimum absolute atomic E-state index is 0. The summed E-state index contributed by atoms with van der Waals surface area (Å²) in [5.74, 6) is -1.62. The van der Waals surface area contributed by atoms with Crippen LogP contribution in [0.1, 0.15) is 102 Å². The smallest absolute Gasteiger partial charge is 0.876 e. The van der Waals surface area contributed by atoms with Crippen molar-refractivity contribution in [2.24, 2.45) is 20.0 Å². The number of allylic oxidation sites excluding steroid dienone is 8. The molecule has 0 aromatic heterocycles. The first kappa shape index (κ1) is 71.7. The Morgan fingerprint density at radius 3 is 0.734 bits per heavy atom. The summed E-state index contributed by atoms with van der Waals surface area (Å²) in [6, 6.07) is 7.36. The maximum atomic E-state index is 12.6. The van der Waals surface area contributed by atoms with Crippen LogP contribution < -0.4 is 30.6 Å². The standard InChI is InChI=1S/C24H28N4O2.4C5H8O2.2CH4O.2Tb/c1-17-9-19-13-25-5-3-7-27-15-21-11-18(2)12-22(24(21)30)16-28-8-4-6-26-14-20(10-17)23(19)29;4*1-4(6)3-5(2)7;2*1-2;;/h9-16,29-30H,3-8H2,1-2H3;4*3,6H,1-2H3;2*2H,1H3;;/q;;;;;;;2*+3/p-6/b;4*4-3-;;;;. The number of carbonyl (C=O) groups excluding carboxylic acids is 4. The molecule has 2 aromatic carbocycles. The number of rotatable bonds is 4. The normalized spacial score (nSPS) is 12.3. The average molecular weight is 1180 g/mol. The van der Waals surface area contributed by atoms with Crippen molar-refractivity contribution < 1.29 is 137 Å². The maximum absolute atomic E-state index is 12.6. The Morgan fingerprint density at radius 2 is 0.609 bits per heavy atom. The van der Waals surface area contributed by atoms with E-state index in [1.807, 2.05) is 38.1 Å². The van der Waals surface area contributed by atoms with Gasteiger partial charge in [0.2, 0.25) is 0 Å². The number of aliphatic imine (C=N–C) groups is 4. The third-order valence-electron chi connectivity index (χ3n) is 6.28. The molecule has 2 N–H and O–H groups in total. The molecule has 4 bridgehead atoms. The first-order chi connectivity index (χ1) is 29.0. The van der Waals surface area contributed by atoms with Gasteiger partial charge in [-0.05, 0) is 112 Å². The molecule has 0 fully saturated rings. The van der Waals surface area contributed by atoms with Gasteiger partial charge in [0, 0.05) is 65.3 Å². The SMILES string of the molecule is CC(=O)/C=C(/C)[O-].CC(=O)/C=C(/C)[O-].CC(=O)/C=C(/C)[O-].CC(=O)/C=C(/C)[O-].CO.CO.Cc1cc2c([O-])c(c1)C=NCCCN=Cc1cc(C)cc(c1[O-])C=NCCCN=C2.[Tb+3].[Tb+3]. The molecule has 2 aromatic rings. The fraction of sp³-hybridized carbons (Fsp3) is 0.391. The van der Waals surface area contributed by atoms with Gasteiger partial charge in [-0.3, -0.25) is 39.1 Å². The van der Waals surface area contributed by atoms with Gasteiger partial charge in [-0.15, -0.1) is 23.0 Å². The van der Waals surface area contributed by atoms with E-state index in [0.29, 0.717) is 48.4 Å². The summed E-state index contributed by atoms with van der Waals surface area (Å²) in [5.41, 5.74) is 4.28. The van der Waals surface area contributed by atoms with Crippen LogP contribution in [0.4, 0.5) is 0 Å². The number of fused-ring (bicyclic) bond motifs is 4. The fourth-order valence-electron chi connectivity index (χ4n) is 4.35. The zero-order valence-corrected chi connectivity index (χ0v) is 42.9. The molecule has 0 spiro atoms. The number of hydrogen-bond acceptors (Lipinski definition) is 16.